The summed E-state index contributed by atoms with van der Waals surface area (Å²) in [5, 5.41) is 0. The predicted molar refractivity (Wildman–Crippen MR) is 142 cm³/mol. The lowest BCUT2D eigenvalue weighted by molar-refractivity contribution is -0.155. The molecule has 0 N–H and O–H groups in total. The minimum Gasteiger partial charge on any atom is -0.466 e. The third-order valence-electron chi connectivity index (χ3n) is 12.7. The molecule has 0 amide bonds. The van der Waals surface area contributed by atoms with Gasteiger partial charge in [0.25, 0.3) is 0 Å². The Kier molecular flexibility index (Phi) is 6.32. The molecule has 4 aliphatic carbocycles. The first-order valence-electron chi connectivity index (χ1n) is 14.6. The first kappa shape index (κ1) is 26.0. The highest BCUT2D eigenvalue weighted by Crippen LogP contribution is 2.87. The van der Waals surface area contributed by atoms with Crippen molar-refractivity contribution in [3.63, 3.8) is 0 Å². The highest BCUT2D eigenvalue weighted by Gasteiger charge is 2.80. The van der Waals surface area contributed by atoms with Crippen LogP contribution in [0.1, 0.15) is 106 Å². The minimum atomic E-state index is -0.130. The van der Waals surface area contributed by atoms with Gasteiger partial charge >= 0.3 is 11.9 Å². The molecule has 4 nitrogen and oxygen atoms in total. The van der Waals surface area contributed by atoms with E-state index in [1.165, 1.54) is 50.5 Å². The fourth-order valence-electron chi connectivity index (χ4n) is 10.7. The number of carbonyl (C=O) groups excluding carboxylic acids is 2. The summed E-state index contributed by atoms with van der Waals surface area (Å²) in [5.74, 6) is 2.02. The minimum absolute atomic E-state index is 0.00464. The molecule has 200 valence electrons. The Balaban J connectivity index is 1.41. The van der Waals surface area contributed by atoms with E-state index in [0.717, 1.165) is 18.4 Å². The average molecular weight is 497 g/mol. The Hall–Kier alpha value is -1.58. The second-order valence-corrected chi connectivity index (χ2v) is 13.7. The molecule has 0 aromatic heterocycles. The molecule has 4 heteroatoms. The van der Waals surface area contributed by atoms with E-state index in [9.17, 15) is 9.59 Å². The number of fused-ring (bicyclic) bond motifs is 2. The van der Waals surface area contributed by atoms with Crippen LogP contribution in [0.5, 0.6) is 0 Å². The molecule has 0 radical (unpaired) electrons. The molecule has 0 saturated heterocycles. The lowest BCUT2D eigenvalue weighted by Gasteiger charge is -2.61. The van der Waals surface area contributed by atoms with Gasteiger partial charge in [-0.3, -0.25) is 4.79 Å². The summed E-state index contributed by atoms with van der Waals surface area (Å²) < 4.78 is 11.3. The molecule has 4 fully saturated rings. The molecule has 36 heavy (non-hydrogen) atoms. The van der Waals surface area contributed by atoms with Crippen molar-refractivity contribution in [2.24, 2.45) is 45.3 Å². The molecule has 4 saturated carbocycles. The topological polar surface area (TPSA) is 52.6 Å². The largest absolute Gasteiger partial charge is 0.466 e. The van der Waals surface area contributed by atoms with Gasteiger partial charge < -0.3 is 9.47 Å². The Morgan fingerprint density at radius 3 is 2.61 bits per heavy atom. The molecule has 5 rings (SSSR count). The second kappa shape index (κ2) is 8.73. The molecule has 0 bridgehead atoms. The van der Waals surface area contributed by atoms with E-state index in [1.54, 1.807) is 0 Å². The molecule has 1 spiro atoms. The molecular weight excluding hydrogens is 448 g/mol. The van der Waals surface area contributed by atoms with E-state index in [1.807, 2.05) is 13.8 Å². The molecule has 0 aromatic rings. The maximum absolute atomic E-state index is 12.4. The van der Waals surface area contributed by atoms with Gasteiger partial charge in [-0.2, -0.15) is 0 Å². The molecule has 5 aliphatic rings. The molecule has 1 aliphatic heterocycles. The standard InChI is InChI=1S/C32H48O4/c1-8-35-27(33)14-16-31-19-32(31)18-17-29(6)24(22(5)25-11-9-21(4)28(34)36-25)13-15-30(29,7)26(32)12-10-23(31)20(2)3/h9,22-26H,2,8,10-19H2,1,3-7H3/t22-,23-,24+,25+,26+,29+,30-,31+,32-/m0/s1. The predicted octanol–water partition coefficient (Wildman–Crippen LogP) is 7.42. The fraction of sp³-hybridized carbons (Fsp3) is 0.812. The summed E-state index contributed by atoms with van der Waals surface area (Å²) in [6.45, 7) is 18.4. The number of esters is 2. The number of carbonyl (C=O) groups is 2. The molecule has 9 atom stereocenters. The van der Waals surface area contributed by atoms with Gasteiger partial charge in [0.2, 0.25) is 0 Å². The third kappa shape index (κ3) is 3.44. The monoisotopic (exact) mass is 496 g/mol. The fourth-order valence-corrected chi connectivity index (χ4v) is 10.7. The smallest absolute Gasteiger partial charge is 0.333 e. The second-order valence-electron chi connectivity index (χ2n) is 13.7. The van der Waals surface area contributed by atoms with Crippen LogP contribution in [0.15, 0.2) is 23.8 Å². The number of cyclic esters (lactones) is 1. The lowest BCUT2D eigenvalue weighted by atomic mass is 9.43. The zero-order valence-electron chi connectivity index (χ0n) is 23.6. The molecule has 0 unspecified atom stereocenters. The van der Waals surface area contributed by atoms with Gasteiger partial charge in [0, 0.05) is 18.4 Å². The van der Waals surface area contributed by atoms with Gasteiger partial charge in [-0.15, -0.1) is 0 Å². The quantitative estimate of drug-likeness (QED) is 0.272. The van der Waals surface area contributed by atoms with E-state index < -0.39 is 0 Å². The van der Waals surface area contributed by atoms with Crippen LogP contribution in [0.4, 0.5) is 0 Å². The Morgan fingerprint density at radius 1 is 1.19 bits per heavy atom. The molecular formula is C32H48O4. The Morgan fingerprint density at radius 2 is 1.94 bits per heavy atom. The van der Waals surface area contributed by atoms with Gasteiger partial charge in [0.15, 0.2) is 0 Å². The summed E-state index contributed by atoms with van der Waals surface area (Å²) in [6.07, 6.45) is 13.2. The maximum atomic E-state index is 12.4. The van der Waals surface area contributed by atoms with Crippen molar-refractivity contribution in [3.05, 3.63) is 23.8 Å². The summed E-state index contributed by atoms with van der Waals surface area (Å²) in [4.78, 5) is 24.7. The van der Waals surface area contributed by atoms with Crippen molar-refractivity contribution in [1.82, 2.24) is 0 Å². The number of hydrogen-bond acceptors (Lipinski definition) is 4. The van der Waals surface area contributed by atoms with Crippen molar-refractivity contribution in [3.8, 4) is 0 Å². The Labute approximate surface area is 218 Å². The van der Waals surface area contributed by atoms with Crippen LogP contribution in [0.25, 0.3) is 0 Å². The van der Waals surface area contributed by atoms with E-state index in [4.69, 9.17) is 9.47 Å². The number of ether oxygens (including phenoxy) is 2. The summed E-state index contributed by atoms with van der Waals surface area (Å²) >= 11 is 0. The zero-order valence-corrected chi connectivity index (χ0v) is 23.6. The van der Waals surface area contributed by atoms with Crippen LogP contribution >= 0.6 is 0 Å². The first-order valence-corrected chi connectivity index (χ1v) is 14.6. The van der Waals surface area contributed by atoms with E-state index in [-0.39, 0.29) is 28.9 Å². The van der Waals surface area contributed by atoms with E-state index >= 15 is 0 Å². The molecule has 0 aromatic carbocycles. The SMILES string of the molecule is C=C(C)[C@@H]1CC[C@H]2[C@]3(CC[C@]4(C)[C@@H]([C@H](C)[C@H]5CC=C(C)C(=O)O5)CC[C@@]24C)C[C@]13CCC(=O)OCC. The highest BCUT2D eigenvalue weighted by atomic mass is 16.5. The Bertz CT molecular complexity index is 981. The average Bonchev–Trinajstić information content (AvgIpc) is 3.42. The third-order valence-corrected chi connectivity index (χ3v) is 12.7. The molecule has 1 heterocycles. The van der Waals surface area contributed by atoms with E-state index in [0.29, 0.717) is 47.5 Å². The number of hydrogen-bond donors (Lipinski definition) is 0. The van der Waals surface area contributed by atoms with E-state index in [2.05, 4.69) is 40.3 Å². The number of allylic oxidation sites excluding steroid dienone is 1. The van der Waals surface area contributed by atoms with Crippen molar-refractivity contribution < 1.29 is 19.1 Å². The van der Waals surface area contributed by atoms with Crippen molar-refractivity contribution in [2.45, 2.75) is 112 Å². The normalized spacial score (nSPS) is 45.9. The van der Waals surface area contributed by atoms with Crippen molar-refractivity contribution >= 4 is 11.9 Å². The maximum Gasteiger partial charge on any atom is 0.333 e. The van der Waals surface area contributed by atoms with Crippen LogP contribution in [-0.2, 0) is 19.1 Å². The summed E-state index contributed by atoms with van der Waals surface area (Å²) in [7, 11) is 0. The van der Waals surface area contributed by atoms with Gasteiger partial charge in [-0.25, -0.2) is 4.79 Å². The summed E-state index contributed by atoms with van der Waals surface area (Å²) in [5.41, 5.74) is 3.20. The van der Waals surface area contributed by atoms with Crippen LogP contribution in [0.2, 0.25) is 0 Å². The van der Waals surface area contributed by atoms with Crippen LogP contribution in [-0.4, -0.2) is 24.6 Å². The van der Waals surface area contributed by atoms with Gasteiger partial charge in [-0.1, -0.05) is 39.0 Å². The first-order chi connectivity index (χ1) is 17.0. The lowest BCUT2D eigenvalue weighted by Crippen LogP contribution is -2.55. The van der Waals surface area contributed by atoms with Crippen LogP contribution < -0.4 is 0 Å². The van der Waals surface area contributed by atoms with Crippen molar-refractivity contribution in [1.29, 1.82) is 0 Å². The van der Waals surface area contributed by atoms with Gasteiger partial charge in [0.1, 0.15) is 6.10 Å². The zero-order chi connectivity index (χ0) is 26.1. The highest BCUT2D eigenvalue weighted by molar-refractivity contribution is 5.88. The number of rotatable bonds is 7. The summed E-state index contributed by atoms with van der Waals surface area (Å²) in [6, 6.07) is 0. The van der Waals surface area contributed by atoms with Crippen LogP contribution in [0, 0.1) is 45.3 Å². The van der Waals surface area contributed by atoms with Crippen LogP contribution in [0.3, 0.4) is 0 Å². The van der Waals surface area contributed by atoms with Gasteiger partial charge in [-0.05, 0) is 117 Å². The van der Waals surface area contributed by atoms with Crippen molar-refractivity contribution in [2.75, 3.05) is 6.61 Å². The van der Waals surface area contributed by atoms with Gasteiger partial charge in [0.05, 0.1) is 6.61 Å².